The molecule has 0 aromatic carbocycles. The Labute approximate surface area is 82.1 Å². The molecule has 0 N–H and O–H groups in total. The van der Waals surface area contributed by atoms with Gasteiger partial charge in [-0.2, -0.15) is 19.5 Å². The van der Waals surface area contributed by atoms with Crippen LogP contribution in [-0.2, 0) is 0 Å². The number of rotatable bonds is 3. The smallest absolute Gasteiger partial charge is 0.663 e. The minimum absolute atomic E-state index is 0. The van der Waals surface area contributed by atoms with Crippen molar-refractivity contribution in [2.75, 3.05) is 13.1 Å². The summed E-state index contributed by atoms with van der Waals surface area (Å²) in [5.74, 6) is 0. The summed E-state index contributed by atoms with van der Waals surface area (Å²) in [5, 5.41) is 3.97. The molecule has 2 heteroatoms. The fraction of sp³-hybridized carbons (Fsp3) is 0.875. The van der Waals surface area contributed by atoms with E-state index < -0.39 is 0 Å². The van der Waals surface area contributed by atoms with Crippen LogP contribution in [-0.4, -0.2) is 36.1 Å². The fourth-order valence-corrected chi connectivity index (χ4v) is 0.224. The molecule has 58 valence electrons. The molecular formula is C8H19MgN. The van der Waals surface area contributed by atoms with Crippen LogP contribution in [0, 0.1) is 6.92 Å². The number of unbranched alkanes of at least 4 members (excludes halogenated alkanes) is 1. The summed E-state index contributed by atoms with van der Waals surface area (Å²) >= 11 is 0. The van der Waals surface area contributed by atoms with Crippen LogP contribution < -0.4 is 0 Å². The van der Waals surface area contributed by atoms with Gasteiger partial charge >= 0.3 is 23.1 Å². The van der Waals surface area contributed by atoms with E-state index >= 15 is 0 Å². The number of hydrogen-bond donors (Lipinski definition) is 0. The quantitative estimate of drug-likeness (QED) is 0.437. The first-order valence-corrected chi connectivity index (χ1v) is 3.75. The second-order valence-corrected chi connectivity index (χ2v) is 1.71. The van der Waals surface area contributed by atoms with Crippen molar-refractivity contribution >= 4 is 23.1 Å². The molecule has 0 aromatic rings. The van der Waals surface area contributed by atoms with E-state index in [-0.39, 0.29) is 23.1 Å². The molecule has 0 radical (unpaired) electrons. The molecule has 0 bridgehead atoms. The van der Waals surface area contributed by atoms with E-state index in [1.165, 1.54) is 6.42 Å². The molecule has 0 aliphatic heterocycles. The Hall–Kier alpha value is 0.726. The van der Waals surface area contributed by atoms with Crippen LogP contribution in [0.4, 0.5) is 0 Å². The van der Waals surface area contributed by atoms with E-state index in [0.717, 1.165) is 19.5 Å². The first-order valence-electron chi connectivity index (χ1n) is 3.75. The molecule has 0 heterocycles. The van der Waals surface area contributed by atoms with Gasteiger partial charge in [0.15, 0.2) is 0 Å². The van der Waals surface area contributed by atoms with Crippen LogP contribution in [0.25, 0.3) is 5.32 Å². The van der Waals surface area contributed by atoms with E-state index in [1.54, 1.807) is 0 Å². The normalized spacial score (nSPS) is 7.20. The Morgan fingerprint density at radius 2 is 1.40 bits per heavy atom. The molecule has 0 rings (SSSR count). The van der Waals surface area contributed by atoms with Crippen molar-refractivity contribution in [1.82, 2.24) is 0 Å². The minimum atomic E-state index is 0. The summed E-state index contributed by atoms with van der Waals surface area (Å²) in [5.41, 5.74) is 0. The second-order valence-electron chi connectivity index (χ2n) is 1.71. The molecule has 1 nitrogen and oxygen atoms in total. The standard InChI is InChI=1S/C4H10N.C4H9.Mg/c1-3-5-4-2;1-3-4-2;/h3-4H2,1-2H3;1,3-4H2,2H3;/q2*-1;+2. The maximum Gasteiger partial charge on any atom is 2.00 e. The zero-order chi connectivity index (χ0) is 7.54. The fourth-order valence-electron chi connectivity index (χ4n) is 0.224. The van der Waals surface area contributed by atoms with Gasteiger partial charge in [0.1, 0.15) is 0 Å². The predicted octanol–water partition coefficient (Wildman–Crippen LogP) is 2.64. The van der Waals surface area contributed by atoms with Crippen LogP contribution in [0.2, 0.25) is 0 Å². The van der Waals surface area contributed by atoms with Gasteiger partial charge in [-0.25, -0.2) is 0 Å². The van der Waals surface area contributed by atoms with Crippen molar-refractivity contribution in [3.63, 3.8) is 0 Å². The molecule has 0 amide bonds. The van der Waals surface area contributed by atoms with E-state index in [2.05, 4.69) is 19.2 Å². The van der Waals surface area contributed by atoms with Gasteiger partial charge in [-0.15, -0.1) is 0 Å². The molecule has 0 fully saturated rings. The van der Waals surface area contributed by atoms with E-state index in [9.17, 15) is 0 Å². The predicted molar refractivity (Wildman–Crippen MR) is 50.5 cm³/mol. The Kier molecular flexibility index (Phi) is 38.4. The largest absolute Gasteiger partial charge is 2.00 e. The Balaban J connectivity index is -0.0000000910. The molecule has 0 unspecified atom stereocenters. The summed E-state index contributed by atoms with van der Waals surface area (Å²) in [6, 6.07) is 0. The minimum Gasteiger partial charge on any atom is -0.663 e. The molecule has 0 aliphatic rings. The molecule has 0 saturated carbocycles. The summed E-state index contributed by atoms with van der Waals surface area (Å²) in [6.07, 6.45) is 2.28. The average Bonchev–Trinajstić information content (AvgIpc) is 1.91. The van der Waals surface area contributed by atoms with Crippen LogP contribution >= 0.6 is 0 Å². The van der Waals surface area contributed by atoms with Gasteiger partial charge in [0.05, 0.1) is 0 Å². The van der Waals surface area contributed by atoms with Gasteiger partial charge in [-0.1, -0.05) is 27.2 Å². The van der Waals surface area contributed by atoms with Gasteiger partial charge in [0.2, 0.25) is 0 Å². The molecule has 0 aliphatic carbocycles. The van der Waals surface area contributed by atoms with E-state index in [1.807, 2.05) is 13.8 Å². The summed E-state index contributed by atoms with van der Waals surface area (Å²) in [6.45, 7) is 11.8. The van der Waals surface area contributed by atoms with Gasteiger partial charge < -0.3 is 12.2 Å². The first kappa shape index (κ1) is 17.0. The van der Waals surface area contributed by atoms with E-state index in [0.29, 0.717) is 0 Å². The van der Waals surface area contributed by atoms with Gasteiger partial charge in [0, 0.05) is 0 Å². The van der Waals surface area contributed by atoms with Crippen molar-refractivity contribution in [2.45, 2.75) is 33.6 Å². The maximum atomic E-state index is 3.97. The molecule has 0 atom stereocenters. The number of hydrogen-bond acceptors (Lipinski definition) is 0. The van der Waals surface area contributed by atoms with Crippen LogP contribution in [0.3, 0.4) is 0 Å². The molecular weight excluding hydrogens is 134 g/mol. The number of nitrogens with zero attached hydrogens (tertiary/aromatic N) is 1. The van der Waals surface area contributed by atoms with Crippen molar-refractivity contribution in [2.24, 2.45) is 0 Å². The van der Waals surface area contributed by atoms with Crippen molar-refractivity contribution in [1.29, 1.82) is 0 Å². The Morgan fingerprint density at radius 3 is 1.40 bits per heavy atom. The average molecular weight is 154 g/mol. The Morgan fingerprint density at radius 1 is 1.10 bits per heavy atom. The van der Waals surface area contributed by atoms with Crippen LogP contribution in [0.1, 0.15) is 33.6 Å². The maximum absolute atomic E-state index is 3.97. The zero-order valence-electron chi connectivity index (χ0n) is 7.69. The summed E-state index contributed by atoms with van der Waals surface area (Å²) < 4.78 is 0. The zero-order valence-corrected chi connectivity index (χ0v) is 9.10. The third kappa shape index (κ3) is 37.5. The third-order valence-electron chi connectivity index (χ3n) is 0.801. The SMILES string of the molecule is CC[N-]CC.[CH2-]CCC.[Mg+2]. The Bertz CT molecular complexity index is 28.4. The topological polar surface area (TPSA) is 14.1 Å². The molecule has 0 spiro atoms. The van der Waals surface area contributed by atoms with Crippen LogP contribution in [0.5, 0.6) is 0 Å². The second kappa shape index (κ2) is 22.6. The van der Waals surface area contributed by atoms with Crippen molar-refractivity contribution in [3.05, 3.63) is 12.2 Å². The monoisotopic (exact) mass is 153 g/mol. The first-order chi connectivity index (χ1) is 4.33. The van der Waals surface area contributed by atoms with E-state index in [4.69, 9.17) is 0 Å². The van der Waals surface area contributed by atoms with Crippen molar-refractivity contribution < 1.29 is 0 Å². The van der Waals surface area contributed by atoms with Gasteiger partial charge in [-0.3, -0.25) is 0 Å². The summed E-state index contributed by atoms with van der Waals surface area (Å²) in [7, 11) is 0. The van der Waals surface area contributed by atoms with Crippen LogP contribution in [0.15, 0.2) is 0 Å². The third-order valence-corrected chi connectivity index (χ3v) is 0.801. The van der Waals surface area contributed by atoms with Gasteiger partial charge in [-0.05, 0) is 0 Å². The molecule has 0 saturated heterocycles. The summed E-state index contributed by atoms with van der Waals surface area (Å²) in [4.78, 5) is 0. The molecule has 0 aromatic heterocycles. The van der Waals surface area contributed by atoms with Gasteiger partial charge in [0.25, 0.3) is 0 Å². The van der Waals surface area contributed by atoms with Crippen molar-refractivity contribution in [3.8, 4) is 0 Å². The molecule has 10 heavy (non-hydrogen) atoms.